The minimum absolute atomic E-state index is 0.0896. The number of alkyl halides is 1. The van der Waals surface area contributed by atoms with Gasteiger partial charge in [-0.15, -0.1) is 0 Å². The Labute approximate surface area is 146 Å². The number of hydrogen-bond donors (Lipinski definition) is 1. The molecule has 1 aromatic rings. The molecule has 0 spiro atoms. The van der Waals surface area contributed by atoms with Crippen LogP contribution in [0, 0.1) is 3.57 Å². The number of anilines is 1. The predicted molar refractivity (Wildman–Crippen MR) is 84.9 cm³/mol. The van der Waals surface area contributed by atoms with Crippen molar-refractivity contribution in [2.75, 3.05) is 35.6 Å². The van der Waals surface area contributed by atoms with E-state index < -0.39 is 0 Å². The Kier molecular flexibility index (Phi) is 4.35. The van der Waals surface area contributed by atoms with Gasteiger partial charge in [0.1, 0.15) is 0 Å². The van der Waals surface area contributed by atoms with Crippen molar-refractivity contribution in [1.29, 1.82) is 0 Å². The van der Waals surface area contributed by atoms with Gasteiger partial charge in [0.05, 0.1) is 0 Å². The summed E-state index contributed by atoms with van der Waals surface area (Å²) in [7, 11) is 0. The maximum atomic E-state index is 9.86. The van der Waals surface area contributed by atoms with Crippen molar-refractivity contribution in [3.63, 3.8) is 0 Å². The number of fused-ring (bicyclic) bond motifs is 1. The Balaban J connectivity index is 1.76. The monoisotopic (exact) mass is 424 g/mol. The van der Waals surface area contributed by atoms with Gasteiger partial charge in [0.15, 0.2) is 0 Å². The molecule has 0 bridgehead atoms. The van der Waals surface area contributed by atoms with E-state index in [1.165, 1.54) is 3.57 Å². The minimum atomic E-state index is -0.0896. The van der Waals surface area contributed by atoms with Gasteiger partial charge in [0.25, 0.3) is 0 Å². The summed E-state index contributed by atoms with van der Waals surface area (Å²) in [4.78, 5) is 11.9. The van der Waals surface area contributed by atoms with Crippen LogP contribution in [-0.4, -0.2) is 45.8 Å². The average molecular weight is 424 g/mol. The summed E-state index contributed by atoms with van der Waals surface area (Å²) in [6, 6.07) is 0. The molecule has 3 aliphatic rings. The summed E-state index contributed by atoms with van der Waals surface area (Å²) in [5.74, 6) is 1.30. The van der Waals surface area contributed by atoms with Gasteiger partial charge >= 0.3 is 146 Å². The molecular weight excluding hydrogens is 405 g/mol. The van der Waals surface area contributed by atoms with Crippen LogP contribution in [0.15, 0.2) is 30.1 Å². The van der Waals surface area contributed by atoms with E-state index in [0.717, 1.165) is 54.5 Å². The van der Waals surface area contributed by atoms with Crippen LogP contribution in [0.1, 0.15) is 23.7 Å². The predicted octanol–water partition coefficient (Wildman–Crippen LogP) is -0.916. The molecule has 1 saturated heterocycles. The van der Waals surface area contributed by atoms with Crippen molar-refractivity contribution < 1.29 is 31.0 Å². The van der Waals surface area contributed by atoms with Crippen LogP contribution >= 0.6 is 0 Å². The molecule has 1 aliphatic carbocycles. The van der Waals surface area contributed by atoms with Gasteiger partial charge in [-0.3, -0.25) is 0 Å². The molecule has 23 heavy (non-hydrogen) atoms. The molecule has 1 atom stereocenters. The Morgan fingerprint density at radius 1 is 1.17 bits per heavy atom. The zero-order chi connectivity index (χ0) is 15.6. The van der Waals surface area contributed by atoms with Crippen LogP contribution in [0.4, 0.5) is 5.95 Å². The van der Waals surface area contributed by atoms with Gasteiger partial charge in [0, 0.05) is 0 Å². The third-order valence-electron chi connectivity index (χ3n) is 4.16. The number of nitrogens with zero attached hydrogens (tertiary/aromatic N) is 3. The summed E-state index contributed by atoms with van der Waals surface area (Å²) in [6.45, 7) is 3.13. The number of aliphatic hydroxyl groups excluding tert-OH is 1. The zero-order valence-corrected chi connectivity index (χ0v) is 14.9. The second-order valence-corrected chi connectivity index (χ2v) is 8.46. The third kappa shape index (κ3) is 3.14. The van der Waals surface area contributed by atoms with Crippen LogP contribution in [0.2, 0.25) is 0 Å². The quantitative estimate of drug-likeness (QED) is 0.492. The van der Waals surface area contributed by atoms with Crippen molar-refractivity contribution in [1.82, 2.24) is 9.97 Å². The normalized spacial score (nSPS) is 23.9. The molecule has 0 radical (unpaired) electrons. The fraction of sp³-hybridized carbons (Fsp3) is 0.412. The number of morpholine rings is 1. The molecule has 6 heteroatoms. The molecule has 1 unspecified atom stereocenters. The van der Waals surface area contributed by atoms with Gasteiger partial charge in [0.2, 0.25) is 0 Å². The van der Waals surface area contributed by atoms with Gasteiger partial charge in [-0.2, -0.15) is 0 Å². The third-order valence-corrected chi connectivity index (χ3v) is 6.98. The van der Waals surface area contributed by atoms with Gasteiger partial charge in [-0.1, -0.05) is 0 Å². The van der Waals surface area contributed by atoms with E-state index in [1.54, 1.807) is 6.08 Å². The second-order valence-electron chi connectivity index (χ2n) is 5.73. The Hall–Kier alpha value is -1.41. The molecule has 4 rings (SSSR count). The molecule has 0 saturated carbocycles. The molecule has 0 amide bonds. The second kappa shape index (κ2) is 6.60. The number of hydrogen-bond acceptors (Lipinski definition) is 5. The van der Waals surface area contributed by atoms with E-state index in [4.69, 9.17) is 14.7 Å². The number of rotatable bonds is 2. The SMILES string of the molecule is OC1=CC(c2nc(N3CCOCC3)nc3c2[I-]CC=C3)CC=C1. The summed E-state index contributed by atoms with van der Waals surface area (Å²) < 4.78 is 7.91. The van der Waals surface area contributed by atoms with Crippen molar-refractivity contribution in [3.8, 4) is 0 Å². The zero-order valence-electron chi connectivity index (χ0n) is 12.8. The standard InChI is InChI=1S/C17H19IN3O2/c22-13-4-1-3-12(11-13)16-15-14(5-2-6-18-15)19-17(20-16)21-7-9-23-10-8-21/h1-2,4-5,11-12,22H,3,6-10H2/q-1. The molecule has 1 fully saturated rings. The van der Waals surface area contributed by atoms with E-state index >= 15 is 0 Å². The molecule has 2 aliphatic heterocycles. The van der Waals surface area contributed by atoms with Gasteiger partial charge in [-0.05, 0) is 0 Å². The van der Waals surface area contributed by atoms with E-state index in [0.29, 0.717) is 5.76 Å². The van der Waals surface area contributed by atoms with Crippen molar-refractivity contribution >= 4 is 12.0 Å². The Morgan fingerprint density at radius 2 is 2.04 bits per heavy atom. The summed E-state index contributed by atoms with van der Waals surface area (Å²) in [6.07, 6.45) is 11.0. The van der Waals surface area contributed by atoms with Crippen LogP contribution in [0.3, 0.4) is 0 Å². The van der Waals surface area contributed by atoms with E-state index in [2.05, 4.69) is 17.1 Å². The Morgan fingerprint density at radius 3 is 2.87 bits per heavy atom. The van der Waals surface area contributed by atoms with Crippen molar-refractivity contribution in [2.45, 2.75) is 12.3 Å². The number of aliphatic hydroxyl groups is 1. The summed E-state index contributed by atoms with van der Waals surface area (Å²) in [5.41, 5.74) is 2.20. The average Bonchev–Trinajstić information content (AvgIpc) is 2.61. The van der Waals surface area contributed by atoms with Crippen molar-refractivity contribution in [3.05, 3.63) is 45.0 Å². The number of allylic oxidation sites excluding steroid dienone is 4. The molecule has 3 heterocycles. The van der Waals surface area contributed by atoms with Gasteiger partial charge in [-0.25, -0.2) is 0 Å². The maximum absolute atomic E-state index is 9.86. The fourth-order valence-corrected chi connectivity index (χ4v) is 5.55. The molecule has 0 aromatic carbocycles. The molecule has 1 N–H and O–H groups in total. The molecule has 122 valence electrons. The first kappa shape index (κ1) is 15.1. The Bertz CT molecular complexity index is 693. The summed E-state index contributed by atoms with van der Waals surface area (Å²) in [5, 5.41) is 9.86. The van der Waals surface area contributed by atoms with Crippen LogP contribution in [0.5, 0.6) is 0 Å². The van der Waals surface area contributed by atoms with Crippen molar-refractivity contribution in [2.24, 2.45) is 0 Å². The first-order valence-electron chi connectivity index (χ1n) is 7.89. The van der Waals surface area contributed by atoms with Crippen LogP contribution in [-0.2, 0) is 4.74 Å². The van der Waals surface area contributed by atoms with E-state index in [9.17, 15) is 5.11 Å². The van der Waals surface area contributed by atoms with Crippen LogP contribution < -0.4 is 26.1 Å². The summed E-state index contributed by atoms with van der Waals surface area (Å²) >= 11 is -0.0896. The van der Waals surface area contributed by atoms with E-state index in [-0.39, 0.29) is 27.1 Å². The van der Waals surface area contributed by atoms with Gasteiger partial charge < -0.3 is 0 Å². The van der Waals surface area contributed by atoms with Crippen LogP contribution in [0.25, 0.3) is 6.08 Å². The molecule has 5 nitrogen and oxygen atoms in total. The van der Waals surface area contributed by atoms with E-state index in [1.807, 2.05) is 12.2 Å². The number of ether oxygens (including phenoxy) is 1. The topological polar surface area (TPSA) is 58.5 Å². The molecular formula is C17H19IN3O2-. The number of halogens is 1. The molecule has 1 aromatic heterocycles. The first-order chi connectivity index (χ1) is 11.3. The fourth-order valence-electron chi connectivity index (χ4n) is 3.00. The first-order valence-corrected chi connectivity index (χ1v) is 10.5. The number of aromatic nitrogens is 2.